The molecule has 1 N–H and O–H groups in total. The van der Waals surface area contributed by atoms with Crippen LogP contribution in [0.5, 0.6) is 5.75 Å². The number of aromatic nitrogens is 1. The van der Waals surface area contributed by atoms with Gasteiger partial charge in [-0.25, -0.2) is 5.43 Å². The minimum absolute atomic E-state index is 0.367. The number of benzene rings is 1. The number of hydrogen-bond acceptors (Lipinski definition) is 5. The lowest BCUT2D eigenvalue weighted by atomic mass is 10.2. The number of pyridine rings is 1. The zero-order valence-electron chi connectivity index (χ0n) is 12.2. The first-order valence-electron chi connectivity index (χ1n) is 6.60. The minimum atomic E-state index is -0.421. The highest BCUT2D eigenvalue weighted by molar-refractivity contribution is 5.94. The van der Waals surface area contributed by atoms with E-state index in [1.54, 1.807) is 36.4 Å². The summed E-state index contributed by atoms with van der Waals surface area (Å²) in [6, 6.07) is 10.3. The Kier molecular flexibility index (Phi) is 4.98. The maximum absolute atomic E-state index is 11.9. The highest BCUT2D eigenvalue weighted by atomic mass is 16.5. The van der Waals surface area contributed by atoms with E-state index in [9.17, 15) is 9.59 Å². The third kappa shape index (κ3) is 4.24. The lowest BCUT2D eigenvalue weighted by Crippen LogP contribution is -2.18. The van der Waals surface area contributed by atoms with Gasteiger partial charge in [0.05, 0.1) is 11.8 Å². The van der Waals surface area contributed by atoms with Crippen LogP contribution in [0.15, 0.2) is 47.7 Å². The molecule has 0 aliphatic rings. The summed E-state index contributed by atoms with van der Waals surface area (Å²) in [6.45, 7) is 3.16. The molecule has 0 aliphatic carbocycles. The Hall–Kier alpha value is -3.02. The average Bonchev–Trinajstić information content (AvgIpc) is 2.49. The van der Waals surface area contributed by atoms with Crippen LogP contribution in [-0.4, -0.2) is 23.1 Å². The third-order valence-electron chi connectivity index (χ3n) is 2.72. The Bertz CT molecular complexity index is 709. The molecule has 22 heavy (non-hydrogen) atoms. The minimum Gasteiger partial charge on any atom is -0.426 e. The van der Waals surface area contributed by atoms with Gasteiger partial charge in [0.1, 0.15) is 5.75 Å². The van der Waals surface area contributed by atoms with Crippen molar-refractivity contribution in [2.75, 3.05) is 0 Å². The van der Waals surface area contributed by atoms with Gasteiger partial charge in [-0.3, -0.25) is 14.6 Å². The number of hydrazone groups is 1. The van der Waals surface area contributed by atoms with Crippen molar-refractivity contribution in [3.05, 3.63) is 59.4 Å². The number of nitrogens with one attached hydrogen (secondary N) is 1. The molecule has 0 aliphatic heterocycles. The van der Waals surface area contributed by atoms with E-state index in [2.05, 4.69) is 15.5 Å². The molecule has 1 heterocycles. The van der Waals surface area contributed by atoms with Crippen molar-refractivity contribution in [1.29, 1.82) is 0 Å². The lowest BCUT2D eigenvalue weighted by molar-refractivity contribution is -0.131. The molecule has 1 aromatic carbocycles. The number of ether oxygens (including phenoxy) is 1. The highest BCUT2D eigenvalue weighted by Gasteiger charge is 2.05. The van der Waals surface area contributed by atoms with Gasteiger partial charge < -0.3 is 4.74 Å². The van der Waals surface area contributed by atoms with Crippen LogP contribution < -0.4 is 10.2 Å². The van der Waals surface area contributed by atoms with Gasteiger partial charge in [-0.05, 0) is 31.2 Å². The molecule has 0 radical (unpaired) electrons. The molecule has 0 spiro atoms. The summed E-state index contributed by atoms with van der Waals surface area (Å²) >= 11 is 0. The number of nitrogens with zero attached hydrogens (tertiary/aromatic N) is 2. The van der Waals surface area contributed by atoms with E-state index in [4.69, 9.17) is 4.74 Å². The van der Waals surface area contributed by atoms with E-state index in [0.717, 1.165) is 5.69 Å². The molecule has 1 amide bonds. The summed E-state index contributed by atoms with van der Waals surface area (Å²) in [5.41, 5.74) is 4.22. The van der Waals surface area contributed by atoms with Gasteiger partial charge in [0.25, 0.3) is 5.91 Å². The highest BCUT2D eigenvalue weighted by Crippen LogP contribution is 2.15. The maximum atomic E-state index is 11.9. The molecule has 2 aromatic rings. The van der Waals surface area contributed by atoms with E-state index in [0.29, 0.717) is 16.9 Å². The summed E-state index contributed by atoms with van der Waals surface area (Å²) in [4.78, 5) is 26.9. The van der Waals surface area contributed by atoms with Crippen molar-refractivity contribution < 1.29 is 14.3 Å². The molecular weight excluding hydrogens is 282 g/mol. The summed E-state index contributed by atoms with van der Waals surface area (Å²) in [6.07, 6.45) is 2.89. The van der Waals surface area contributed by atoms with Gasteiger partial charge in [0.15, 0.2) is 0 Å². The fourth-order valence-corrected chi connectivity index (χ4v) is 1.66. The van der Waals surface area contributed by atoms with Gasteiger partial charge in [-0.1, -0.05) is 12.1 Å². The molecule has 0 unspecified atom stereocenters. The Balaban J connectivity index is 2.05. The van der Waals surface area contributed by atoms with Crippen LogP contribution in [0.4, 0.5) is 0 Å². The summed E-state index contributed by atoms with van der Waals surface area (Å²) in [5, 5.41) is 3.86. The number of carbonyl (C=O) groups excluding carboxylic acids is 2. The maximum Gasteiger partial charge on any atom is 0.308 e. The normalized spacial score (nSPS) is 10.5. The van der Waals surface area contributed by atoms with Crippen LogP contribution in [0.25, 0.3) is 0 Å². The van der Waals surface area contributed by atoms with Gasteiger partial charge in [0.2, 0.25) is 0 Å². The molecule has 0 fully saturated rings. The first kappa shape index (κ1) is 15.4. The Morgan fingerprint density at radius 1 is 1.23 bits per heavy atom. The van der Waals surface area contributed by atoms with Crippen molar-refractivity contribution in [1.82, 2.24) is 10.4 Å². The van der Waals surface area contributed by atoms with Crippen molar-refractivity contribution in [2.24, 2.45) is 5.10 Å². The zero-order chi connectivity index (χ0) is 15.9. The Morgan fingerprint density at radius 2 is 2.00 bits per heavy atom. The van der Waals surface area contributed by atoms with Crippen LogP contribution in [0, 0.1) is 6.92 Å². The average molecular weight is 297 g/mol. The SMILES string of the molecule is CC(=O)Oc1ccccc1/C=N\NC(=O)c1ccc(C)nc1. The van der Waals surface area contributed by atoms with E-state index < -0.39 is 5.97 Å². The summed E-state index contributed by atoms with van der Waals surface area (Å²) < 4.78 is 5.05. The Labute approximate surface area is 127 Å². The number of carbonyl (C=O) groups is 2. The second-order valence-electron chi connectivity index (χ2n) is 4.52. The molecule has 1 aromatic heterocycles. The molecule has 6 nitrogen and oxygen atoms in total. The predicted octanol–water partition coefficient (Wildman–Crippen LogP) is 2.08. The summed E-state index contributed by atoms with van der Waals surface area (Å²) in [5.74, 6) is -0.408. The first-order chi connectivity index (χ1) is 10.6. The third-order valence-corrected chi connectivity index (χ3v) is 2.72. The number of esters is 1. The number of hydrogen-bond donors (Lipinski definition) is 1. The van der Waals surface area contributed by atoms with Crippen molar-refractivity contribution in [3.8, 4) is 5.75 Å². The summed E-state index contributed by atoms with van der Waals surface area (Å²) in [7, 11) is 0. The fourth-order valence-electron chi connectivity index (χ4n) is 1.66. The zero-order valence-corrected chi connectivity index (χ0v) is 12.2. The lowest BCUT2D eigenvalue weighted by Gasteiger charge is -2.04. The van der Waals surface area contributed by atoms with E-state index in [1.165, 1.54) is 19.3 Å². The quantitative estimate of drug-likeness (QED) is 0.405. The van der Waals surface area contributed by atoms with Crippen molar-refractivity contribution in [2.45, 2.75) is 13.8 Å². The number of amides is 1. The van der Waals surface area contributed by atoms with Crippen molar-refractivity contribution >= 4 is 18.1 Å². The van der Waals surface area contributed by atoms with E-state index in [1.807, 2.05) is 6.92 Å². The molecule has 0 atom stereocenters. The fraction of sp³-hybridized carbons (Fsp3) is 0.125. The Morgan fingerprint density at radius 3 is 2.68 bits per heavy atom. The molecule has 0 saturated carbocycles. The topological polar surface area (TPSA) is 80.6 Å². The van der Waals surface area contributed by atoms with Gasteiger partial charge >= 0.3 is 5.97 Å². The van der Waals surface area contributed by atoms with Crippen LogP contribution in [-0.2, 0) is 4.79 Å². The second kappa shape index (κ2) is 7.12. The van der Waals surface area contributed by atoms with E-state index in [-0.39, 0.29) is 5.91 Å². The molecule has 0 saturated heterocycles. The van der Waals surface area contributed by atoms with Crippen molar-refractivity contribution in [3.63, 3.8) is 0 Å². The predicted molar refractivity (Wildman–Crippen MR) is 81.8 cm³/mol. The number of para-hydroxylation sites is 1. The number of aryl methyl sites for hydroxylation is 1. The van der Waals surface area contributed by atoms with Crippen LogP contribution in [0.2, 0.25) is 0 Å². The van der Waals surface area contributed by atoms with Crippen LogP contribution >= 0.6 is 0 Å². The molecule has 2 rings (SSSR count). The van der Waals surface area contributed by atoms with Crippen LogP contribution in [0.3, 0.4) is 0 Å². The first-order valence-corrected chi connectivity index (χ1v) is 6.60. The molecular formula is C16H15N3O3. The largest absolute Gasteiger partial charge is 0.426 e. The van der Waals surface area contributed by atoms with Gasteiger partial charge in [-0.15, -0.1) is 0 Å². The number of rotatable bonds is 4. The smallest absolute Gasteiger partial charge is 0.308 e. The molecule has 0 bridgehead atoms. The second-order valence-corrected chi connectivity index (χ2v) is 4.52. The van der Waals surface area contributed by atoms with Gasteiger partial charge in [0, 0.05) is 24.4 Å². The standard InChI is InChI=1S/C16H15N3O3/c1-11-7-8-14(9-17-11)16(21)19-18-10-13-5-3-4-6-15(13)22-12(2)20/h3-10H,1-2H3,(H,19,21)/b18-10-. The molecule has 112 valence electrons. The molecule has 6 heteroatoms. The van der Waals surface area contributed by atoms with Crippen LogP contribution in [0.1, 0.15) is 28.5 Å². The van der Waals surface area contributed by atoms with Gasteiger partial charge in [-0.2, -0.15) is 5.10 Å². The monoisotopic (exact) mass is 297 g/mol. The van der Waals surface area contributed by atoms with E-state index >= 15 is 0 Å².